The van der Waals surface area contributed by atoms with E-state index in [2.05, 4.69) is 52.7 Å². The summed E-state index contributed by atoms with van der Waals surface area (Å²) >= 11 is 1.72. The van der Waals surface area contributed by atoms with Crippen LogP contribution in [0.3, 0.4) is 0 Å². The first-order chi connectivity index (χ1) is 11.3. The Morgan fingerprint density at radius 1 is 1.26 bits per heavy atom. The van der Waals surface area contributed by atoms with Crippen LogP contribution in [0.4, 0.5) is 0 Å². The van der Waals surface area contributed by atoms with Crippen molar-refractivity contribution < 1.29 is 4.74 Å². The Hall–Kier alpha value is -2.27. The number of nitrogens with zero attached hydrogens (tertiary/aromatic N) is 1. The van der Waals surface area contributed by atoms with Gasteiger partial charge in [0.2, 0.25) is 0 Å². The molecule has 122 valence electrons. The molecule has 1 aromatic heterocycles. The van der Waals surface area contributed by atoms with Gasteiger partial charge in [0.25, 0.3) is 0 Å². The fraction of sp³-hybridized carbons (Fsp3) is 0.278. The van der Waals surface area contributed by atoms with E-state index in [0.29, 0.717) is 13.1 Å². The smallest absolute Gasteiger partial charge is 0.191 e. The number of rotatable bonds is 7. The lowest BCUT2D eigenvalue weighted by Crippen LogP contribution is -2.37. The number of ether oxygens (including phenoxy) is 1. The van der Waals surface area contributed by atoms with Crippen LogP contribution in [0.5, 0.6) is 5.75 Å². The molecule has 1 aromatic carbocycles. The van der Waals surface area contributed by atoms with E-state index in [1.165, 1.54) is 16.0 Å². The minimum absolute atomic E-state index is 0.660. The number of guanidine groups is 1. The van der Waals surface area contributed by atoms with Gasteiger partial charge in [-0.25, -0.2) is 4.99 Å². The third-order valence-corrected chi connectivity index (χ3v) is 4.15. The predicted molar refractivity (Wildman–Crippen MR) is 99.3 cm³/mol. The van der Waals surface area contributed by atoms with Crippen molar-refractivity contribution in [2.45, 2.75) is 13.5 Å². The van der Waals surface area contributed by atoms with E-state index < -0.39 is 0 Å². The Kier molecular flexibility index (Phi) is 6.69. The molecule has 0 amide bonds. The van der Waals surface area contributed by atoms with Gasteiger partial charge < -0.3 is 15.4 Å². The van der Waals surface area contributed by atoms with Gasteiger partial charge in [-0.3, -0.25) is 0 Å². The monoisotopic (exact) mass is 329 g/mol. The number of aliphatic imine (C=N–C) groups is 1. The zero-order chi connectivity index (χ0) is 16.5. The molecule has 0 aliphatic heterocycles. The first-order valence-corrected chi connectivity index (χ1v) is 8.49. The van der Waals surface area contributed by atoms with Gasteiger partial charge in [-0.2, -0.15) is 0 Å². The third-order valence-electron chi connectivity index (χ3n) is 3.23. The third kappa shape index (κ3) is 5.14. The largest absolute Gasteiger partial charge is 0.497 e. The Morgan fingerprint density at radius 3 is 2.70 bits per heavy atom. The molecule has 0 atom stereocenters. The van der Waals surface area contributed by atoms with Gasteiger partial charge in [-0.1, -0.05) is 18.2 Å². The highest BCUT2D eigenvalue weighted by atomic mass is 32.1. The Bertz CT molecular complexity index is 647. The number of benzene rings is 1. The van der Waals surface area contributed by atoms with E-state index in [1.807, 2.05) is 18.2 Å². The lowest BCUT2D eigenvalue weighted by molar-refractivity contribution is 0.415. The average Bonchev–Trinajstić information content (AvgIpc) is 3.06. The molecule has 0 aliphatic carbocycles. The van der Waals surface area contributed by atoms with Crippen molar-refractivity contribution in [3.8, 4) is 16.9 Å². The molecule has 4 nitrogen and oxygen atoms in total. The summed E-state index contributed by atoms with van der Waals surface area (Å²) in [5.74, 6) is 1.68. The van der Waals surface area contributed by atoms with Crippen molar-refractivity contribution in [3.63, 3.8) is 0 Å². The first-order valence-electron chi connectivity index (χ1n) is 7.61. The Morgan fingerprint density at radius 2 is 2.04 bits per heavy atom. The first kappa shape index (κ1) is 17.1. The van der Waals surface area contributed by atoms with Gasteiger partial charge in [-0.05, 0) is 41.6 Å². The molecule has 0 saturated carbocycles. The van der Waals surface area contributed by atoms with Gasteiger partial charge in [0.15, 0.2) is 5.96 Å². The van der Waals surface area contributed by atoms with Gasteiger partial charge in [-0.15, -0.1) is 17.9 Å². The molecule has 0 unspecified atom stereocenters. The molecule has 0 saturated heterocycles. The SMILES string of the molecule is C=CCNC(=NCc1cc(-c2ccc(OC)cc2)cs1)NCC. The summed E-state index contributed by atoms with van der Waals surface area (Å²) in [5, 5.41) is 8.59. The van der Waals surface area contributed by atoms with Crippen LogP contribution in [0, 0.1) is 0 Å². The average molecular weight is 329 g/mol. The highest BCUT2D eigenvalue weighted by Crippen LogP contribution is 2.27. The fourth-order valence-electron chi connectivity index (χ4n) is 2.07. The molecule has 2 rings (SSSR count). The lowest BCUT2D eigenvalue weighted by Gasteiger charge is -2.08. The van der Waals surface area contributed by atoms with Crippen molar-refractivity contribution in [2.75, 3.05) is 20.2 Å². The molecule has 0 aliphatic rings. The van der Waals surface area contributed by atoms with Crippen LogP contribution in [-0.4, -0.2) is 26.2 Å². The second-order valence-corrected chi connectivity index (χ2v) is 5.89. The van der Waals surface area contributed by atoms with Crippen molar-refractivity contribution in [3.05, 3.63) is 53.2 Å². The molecule has 1 heterocycles. The molecule has 0 fully saturated rings. The van der Waals surface area contributed by atoms with Crippen molar-refractivity contribution in [2.24, 2.45) is 4.99 Å². The van der Waals surface area contributed by atoms with Gasteiger partial charge >= 0.3 is 0 Å². The van der Waals surface area contributed by atoms with Crippen LogP contribution in [0.15, 0.2) is 53.4 Å². The molecule has 0 spiro atoms. The van der Waals surface area contributed by atoms with Crippen LogP contribution < -0.4 is 15.4 Å². The summed E-state index contributed by atoms with van der Waals surface area (Å²) in [7, 11) is 1.68. The summed E-state index contributed by atoms with van der Waals surface area (Å²) in [4.78, 5) is 5.82. The van der Waals surface area contributed by atoms with E-state index in [1.54, 1.807) is 18.4 Å². The minimum Gasteiger partial charge on any atom is -0.497 e. The van der Waals surface area contributed by atoms with E-state index in [4.69, 9.17) is 4.74 Å². The predicted octanol–water partition coefficient (Wildman–Crippen LogP) is 3.66. The van der Waals surface area contributed by atoms with Crippen molar-refractivity contribution in [1.29, 1.82) is 0 Å². The van der Waals surface area contributed by atoms with E-state index in [0.717, 1.165) is 18.3 Å². The van der Waals surface area contributed by atoms with Crippen molar-refractivity contribution >= 4 is 17.3 Å². The molecule has 23 heavy (non-hydrogen) atoms. The number of thiophene rings is 1. The summed E-state index contributed by atoms with van der Waals surface area (Å²) in [6.07, 6.45) is 1.82. The normalized spacial score (nSPS) is 11.1. The highest BCUT2D eigenvalue weighted by molar-refractivity contribution is 7.10. The minimum atomic E-state index is 0.660. The summed E-state index contributed by atoms with van der Waals surface area (Å²) in [6.45, 7) is 7.96. The van der Waals surface area contributed by atoms with Gasteiger partial charge in [0.05, 0.1) is 13.7 Å². The lowest BCUT2D eigenvalue weighted by atomic mass is 10.1. The molecule has 0 bridgehead atoms. The van der Waals surface area contributed by atoms with Crippen LogP contribution in [0.1, 0.15) is 11.8 Å². The van der Waals surface area contributed by atoms with E-state index >= 15 is 0 Å². The van der Waals surface area contributed by atoms with Gasteiger partial charge in [0, 0.05) is 18.0 Å². The Labute approximate surface area is 141 Å². The highest BCUT2D eigenvalue weighted by Gasteiger charge is 2.03. The van der Waals surface area contributed by atoms with Crippen LogP contribution >= 0.6 is 11.3 Å². The molecule has 0 radical (unpaired) electrons. The van der Waals surface area contributed by atoms with E-state index in [9.17, 15) is 0 Å². The second kappa shape index (κ2) is 9.00. The van der Waals surface area contributed by atoms with Crippen LogP contribution in [0.2, 0.25) is 0 Å². The maximum Gasteiger partial charge on any atom is 0.191 e. The zero-order valence-corrected chi connectivity index (χ0v) is 14.5. The van der Waals surface area contributed by atoms with E-state index in [-0.39, 0.29) is 0 Å². The van der Waals surface area contributed by atoms with Crippen LogP contribution in [-0.2, 0) is 6.54 Å². The summed E-state index contributed by atoms with van der Waals surface area (Å²) < 4.78 is 5.19. The molecule has 2 aromatic rings. The number of hydrogen-bond acceptors (Lipinski definition) is 3. The number of hydrogen-bond donors (Lipinski definition) is 2. The summed E-state index contributed by atoms with van der Waals surface area (Å²) in [6, 6.07) is 10.3. The summed E-state index contributed by atoms with van der Waals surface area (Å²) in [5.41, 5.74) is 2.40. The Balaban J connectivity index is 2.04. The fourth-order valence-corrected chi connectivity index (χ4v) is 2.88. The standard InChI is InChI=1S/C18H23N3OS/c1-4-10-20-18(19-5-2)21-12-17-11-15(13-23-17)14-6-8-16(22-3)9-7-14/h4,6-9,11,13H,1,5,10,12H2,2-3H3,(H2,19,20,21). The molecule has 2 N–H and O–H groups in total. The van der Waals surface area contributed by atoms with Crippen molar-refractivity contribution in [1.82, 2.24) is 10.6 Å². The molecule has 5 heteroatoms. The quantitative estimate of drug-likeness (QED) is 0.463. The molecular formula is C18H23N3OS. The van der Waals surface area contributed by atoms with Gasteiger partial charge in [0.1, 0.15) is 5.75 Å². The molecular weight excluding hydrogens is 306 g/mol. The topological polar surface area (TPSA) is 45.7 Å². The number of nitrogens with one attached hydrogen (secondary N) is 2. The maximum atomic E-state index is 5.19. The maximum absolute atomic E-state index is 5.19. The van der Waals surface area contributed by atoms with Crippen LogP contribution in [0.25, 0.3) is 11.1 Å². The zero-order valence-electron chi connectivity index (χ0n) is 13.6. The second-order valence-electron chi connectivity index (χ2n) is 4.89. The number of methoxy groups -OCH3 is 1.